The van der Waals surface area contributed by atoms with Gasteiger partial charge in [0.25, 0.3) is 5.91 Å². The van der Waals surface area contributed by atoms with Gasteiger partial charge in [0.05, 0.1) is 47.6 Å². The molecule has 1 aliphatic rings. The summed E-state index contributed by atoms with van der Waals surface area (Å²) in [7, 11) is 1.33. The molecule has 2 heterocycles. The van der Waals surface area contributed by atoms with Gasteiger partial charge >= 0.3 is 5.97 Å². The van der Waals surface area contributed by atoms with E-state index in [-0.39, 0.29) is 5.91 Å². The van der Waals surface area contributed by atoms with Crippen molar-refractivity contribution < 1.29 is 19.2 Å². The summed E-state index contributed by atoms with van der Waals surface area (Å²) in [6, 6.07) is 15.1. The number of nitrogens with one attached hydrogen (secondary N) is 2. The fraction of sp³-hybridized carbons (Fsp3) is 0.318. The molecule has 2 N–H and O–H groups in total. The monoisotopic (exact) mass is 410 g/mol. The smallest absolute Gasteiger partial charge is 0.339 e. The molecule has 1 amide bonds. The van der Waals surface area contributed by atoms with Gasteiger partial charge in [0, 0.05) is 0 Å². The Bertz CT molecular complexity index is 1000. The summed E-state index contributed by atoms with van der Waals surface area (Å²) in [6.07, 6.45) is 2.18. The van der Waals surface area contributed by atoms with Gasteiger partial charge in [0.1, 0.15) is 5.01 Å². The second-order valence-corrected chi connectivity index (χ2v) is 8.39. The van der Waals surface area contributed by atoms with Crippen molar-refractivity contribution in [2.45, 2.75) is 18.8 Å². The molecule has 1 fully saturated rings. The first kappa shape index (κ1) is 19.5. The van der Waals surface area contributed by atoms with Crippen LogP contribution in [-0.4, -0.2) is 43.6 Å². The number of piperidine rings is 1. The van der Waals surface area contributed by atoms with E-state index in [9.17, 15) is 9.59 Å². The zero-order chi connectivity index (χ0) is 20.2. The van der Waals surface area contributed by atoms with Crippen molar-refractivity contribution in [1.29, 1.82) is 0 Å². The average molecular weight is 411 g/mol. The summed E-state index contributed by atoms with van der Waals surface area (Å²) in [5.74, 6) is -0.172. The standard InChI is InChI=1S/C22H23N3O3S/c1-28-22(27)16-8-2-3-9-17(16)23-20(26)14-25-12-6-7-15(13-25)21-24-18-10-4-5-11-19(18)29-21/h2-5,8-11,15H,6-7,12-14H2,1H3,(H,23,26)/p+1/t15-/m0/s1. The second kappa shape index (κ2) is 8.71. The van der Waals surface area contributed by atoms with Crippen molar-refractivity contribution in [3.63, 3.8) is 0 Å². The van der Waals surface area contributed by atoms with Crippen molar-refractivity contribution in [2.24, 2.45) is 0 Å². The lowest BCUT2D eigenvalue weighted by Crippen LogP contribution is -3.14. The Balaban J connectivity index is 1.41. The molecule has 150 valence electrons. The zero-order valence-corrected chi connectivity index (χ0v) is 17.1. The maximum atomic E-state index is 12.6. The van der Waals surface area contributed by atoms with Crippen LogP contribution in [0.3, 0.4) is 0 Å². The number of carbonyl (C=O) groups excluding carboxylic acids is 2. The number of likely N-dealkylation sites (tertiary alicyclic amines) is 1. The summed E-state index contributed by atoms with van der Waals surface area (Å²) in [6.45, 7) is 2.23. The van der Waals surface area contributed by atoms with Crippen molar-refractivity contribution in [2.75, 3.05) is 32.1 Å². The summed E-state index contributed by atoms with van der Waals surface area (Å²) in [5.41, 5.74) is 1.91. The number of anilines is 1. The van der Waals surface area contributed by atoms with Gasteiger partial charge in [-0.2, -0.15) is 0 Å². The van der Waals surface area contributed by atoms with Gasteiger partial charge in [-0.3, -0.25) is 4.79 Å². The van der Waals surface area contributed by atoms with Gasteiger partial charge in [0.2, 0.25) is 0 Å². The summed E-state index contributed by atoms with van der Waals surface area (Å²) in [5, 5.41) is 4.04. The van der Waals surface area contributed by atoms with E-state index in [2.05, 4.69) is 17.4 Å². The lowest BCUT2D eigenvalue weighted by atomic mass is 9.99. The maximum Gasteiger partial charge on any atom is 0.339 e. The fourth-order valence-electron chi connectivity index (χ4n) is 3.89. The number of hydrogen-bond donors (Lipinski definition) is 2. The van der Waals surface area contributed by atoms with Gasteiger partial charge in [-0.25, -0.2) is 9.78 Å². The third-order valence-corrected chi connectivity index (χ3v) is 6.49. The molecule has 1 aliphatic heterocycles. The number of thiazole rings is 1. The first-order chi connectivity index (χ1) is 14.1. The number of hydrogen-bond acceptors (Lipinski definition) is 5. The Hall–Kier alpha value is -2.77. The number of quaternary nitrogens is 1. The predicted octanol–water partition coefficient (Wildman–Crippen LogP) is 2.48. The Morgan fingerprint density at radius 1 is 1.21 bits per heavy atom. The number of carbonyl (C=O) groups is 2. The number of ether oxygens (including phenoxy) is 1. The summed E-state index contributed by atoms with van der Waals surface area (Å²) >= 11 is 1.76. The molecular formula is C22H24N3O3S+. The van der Waals surface area contributed by atoms with Gasteiger partial charge in [0.15, 0.2) is 6.54 Å². The van der Waals surface area contributed by atoms with Gasteiger partial charge < -0.3 is 15.0 Å². The van der Waals surface area contributed by atoms with Crippen molar-refractivity contribution in [1.82, 2.24) is 4.98 Å². The number of rotatable bonds is 5. The molecule has 2 atom stereocenters. The first-order valence-corrected chi connectivity index (χ1v) is 10.6. The number of fused-ring (bicyclic) bond motifs is 1. The fourth-order valence-corrected chi connectivity index (χ4v) is 4.99. The molecule has 3 aromatic rings. The van der Waals surface area contributed by atoms with Crippen LogP contribution in [-0.2, 0) is 9.53 Å². The van der Waals surface area contributed by atoms with Crippen LogP contribution in [0.4, 0.5) is 5.69 Å². The molecule has 1 saturated heterocycles. The normalized spacial score (nSPS) is 19.1. The Morgan fingerprint density at radius 2 is 2.00 bits per heavy atom. The SMILES string of the molecule is COC(=O)c1ccccc1NC(=O)C[NH+]1CCC[C@H](c2nc3ccccc3s2)C1. The minimum absolute atomic E-state index is 0.0960. The number of aromatic nitrogens is 1. The number of methoxy groups -OCH3 is 1. The minimum Gasteiger partial charge on any atom is -0.465 e. The molecular weight excluding hydrogens is 386 g/mol. The van der Waals surface area contributed by atoms with E-state index in [0.717, 1.165) is 31.4 Å². The molecule has 1 aromatic heterocycles. The Labute approximate surface area is 173 Å². The van der Waals surface area contributed by atoms with Crippen LogP contribution in [0.25, 0.3) is 10.2 Å². The van der Waals surface area contributed by atoms with E-state index in [1.165, 1.54) is 21.7 Å². The Kier molecular flexibility index (Phi) is 5.87. The molecule has 0 saturated carbocycles. The number of nitrogens with zero attached hydrogens (tertiary/aromatic N) is 1. The van der Waals surface area contributed by atoms with Crippen molar-refractivity contribution in [3.05, 3.63) is 59.1 Å². The molecule has 7 heteroatoms. The molecule has 2 aromatic carbocycles. The maximum absolute atomic E-state index is 12.6. The van der Waals surface area contributed by atoms with Gasteiger partial charge in [-0.1, -0.05) is 24.3 Å². The molecule has 0 spiro atoms. The second-order valence-electron chi connectivity index (χ2n) is 7.33. The average Bonchev–Trinajstić information content (AvgIpc) is 3.18. The van der Waals surface area contributed by atoms with E-state index in [1.807, 2.05) is 12.1 Å². The van der Waals surface area contributed by atoms with Crippen LogP contribution < -0.4 is 10.2 Å². The Morgan fingerprint density at radius 3 is 2.83 bits per heavy atom. The molecule has 29 heavy (non-hydrogen) atoms. The quantitative estimate of drug-likeness (QED) is 0.634. The van der Waals surface area contributed by atoms with Gasteiger partial charge in [-0.15, -0.1) is 11.3 Å². The summed E-state index contributed by atoms with van der Waals surface area (Å²) < 4.78 is 6.01. The molecule has 0 radical (unpaired) electrons. The third-order valence-electron chi connectivity index (χ3n) is 5.29. The van der Waals surface area contributed by atoms with E-state index in [1.54, 1.807) is 35.6 Å². The highest BCUT2D eigenvalue weighted by atomic mass is 32.1. The third kappa shape index (κ3) is 4.46. The number of benzene rings is 2. The van der Waals surface area contributed by atoms with E-state index < -0.39 is 5.97 Å². The van der Waals surface area contributed by atoms with Crippen LogP contribution in [0.2, 0.25) is 0 Å². The van der Waals surface area contributed by atoms with E-state index >= 15 is 0 Å². The van der Waals surface area contributed by atoms with Crippen LogP contribution >= 0.6 is 11.3 Å². The highest BCUT2D eigenvalue weighted by Crippen LogP contribution is 2.30. The molecule has 4 rings (SSSR count). The molecule has 1 unspecified atom stereocenters. The van der Waals surface area contributed by atoms with E-state index in [0.29, 0.717) is 23.7 Å². The highest BCUT2D eigenvalue weighted by molar-refractivity contribution is 7.18. The zero-order valence-electron chi connectivity index (χ0n) is 16.3. The summed E-state index contributed by atoms with van der Waals surface area (Å²) in [4.78, 5) is 30.6. The largest absolute Gasteiger partial charge is 0.465 e. The number of amides is 1. The lowest BCUT2D eigenvalue weighted by Gasteiger charge is -2.28. The molecule has 0 aliphatic carbocycles. The topological polar surface area (TPSA) is 72.7 Å². The molecule has 0 bridgehead atoms. The van der Waals surface area contributed by atoms with Crippen LogP contribution in [0, 0.1) is 0 Å². The van der Waals surface area contributed by atoms with Crippen LogP contribution in [0.5, 0.6) is 0 Å². The van der Waals surface area contributed by atoms with E-state index in [4.69, 9.17) is 9.72 Å². The number of para-hydroxylation sites is 2. The molecule has 6 nitrogen and oxygen atoms in total. The van der Waals surface area contributed by atoms with Crippen molar-refractivity contribution >= 4 is 39.1 Å². The minimum atomic E-state index is -0.456. The predicted molar refractivity (Wildman–Crippen MR) is 114 cm³/mol. The number of esters is 1. The van der Waals surface area contributed by atoms with Gasteiger partial charge in [-0.05, 0) is 37.1 Å². The van der Waals surface area contributed by atoms with Crippen LogP contribution in [0.1, 0.15) is 34.1 Å². The highest BCUT2D eigenvalue weighted by Gasteiger charge is 2.28. The van der Waals surface area contributed by atoms with Crippen molar-refractivity contribution in [3.8, 4) is 0 Å². The first-order valence-electron chi connectivity index (χ1n) is 9.80. The van der Waals surface area contributed by atoms with Crippen LogP contribution in [0.15, 0.2) is 48.5 Å². The lowest BCUT2D eigenvalue weighted by molar-refractivity contribution is -0.898.